The third-order valence-corrected chi connectivity index (χ3v) is 4.26. The third kappa shape index (κ3) is 6.10. The van der Waals surface area contributed by atoms with Crippen LogP contribution < -0.4 is 14.8 Å². The lowest BCUT2D eigenvalue weighted by molar-refractivity contribution is -0.126. The Kier molecular flexibility index (Phi) is 7.44. The second-order valence-corrected chi connectivity index (χ2v) is 6.52. The number of amides is 1. The zero-order valence-electron chi connectivity index (χ0n) is 16.9. The topological polar surface area (TPSA) is 69.2 Å². The van der Waals surface area contributed by atoms with Crippen LogP contribution in [0.4, 0.5) is 5.69 Å². The second kappa shape index (κ2) is 10.7. The Morgan fingerprint density at radius 3 is 2.40 bits per heavy atom. The third-order valence-electron chi connectivity index (χ3n) is 4.26. The van der Waals surface area contributed by atoms with Crippen molar-refractivity contribution in [2.75, 3.05) is 12.4 Å². The Balaban J connectivity index is 1.55. The van der Waals surface area contributed by atoms with Crippen LogP contribution in [0.2, 0.25) is 0 Å². The number of nitrogens with zero attached hydrogens (tertiary/aromatic N) is 1. The Hall–Kier alpha value is -3.80. The first-order valence-corrected chi connectivity index (χ1v) is 9.55. The van der Waals surface area contributed by atoms with Crippen molar-refractivity contribution in [2.24, 2.45) is 5.16 Å². The van der Waals surface area contributed by atoms with Crippen molar-refractivity contribution in [3.63, 3.8) is 0 Å². The van der Waals surface area contributed by atoms with Crippen molar-refractivity contribution >= 4 is 17.8 Å². The van der Waals surface area contributed by atoms with Gasteiger partial charge in [0.05, 0.1) is 13.3 Å². The van der Waals surface area contributed by atoms with Crippen molar-refractivity contribution in [3.8, 4) is 11.5 Å². The van der Waals surface area contributed by atoms with E-state index in [1.165, 1.54) is 6.21 Å². The van der Waals surface area contributed by atoms with Crippen LogP contribution in [-0.2, 0) is 16.2 Å². The molecule has 30 heavy (non-hydrogen) atoms. The highest BCUT2D eigenvalue weighted by molar-refractivity contribution is 5.93. The highest BCUT2D eigenvalue weighted by Gasteiger charge is 2.14. The van der Waals surface area contributed by atoms with E-state index in [1.54, 1.807) is 20.1 Å². The fourth-order valence-corrected chi connectivity index (χ4v) is 2.61. The average Bonchev–Trinajstić information content (AvgIpc) is 2.79. The second-order valence-electron chi connectivity index (χ2n) is 6.52. The minimum absolute atomic E-state index is 0.277. The highest BCUT2D eigenvalue weighted by Crippen LogP contribution is 2.28. The van der Waals surface area contributed by atoms with E-state index in [9.17, 15) is 4.79 Å². The molecule has 1 amide bonds. The van der Waals surface area contributed by atoms with Gasteiger partial charge in [0.1, 0.15) is 6.61 Å². The number of benzene rings is 3. The molecule has 3 aromatic carbocycles. The average molecular weight is 404 g/mol. The van der Waals surface area contributed by atoms with Crippen molar-refractivity contribution in [3.05, 3.63) is 90.0 Å². The van der Waals surface area contributed by atoms with Gasteiger partial charge in [-0.1, -0.05) is 53.7 Å². The molecule has 0 bridgehead atoms. The summed E-state index contributed by atoms with van der Waals surface area (Å²) in [6.45, 7) is 2.08. The van der Waals surface area contributed by atoms with Crippen LogP contribution in [0, 0.1) is 0 Å². The summed E-state index contributed by atoms with van der Waals surface area (Å²) in [5.74, 6) is 0.945. The molecular formula is C24H24N2O4. The van der Waals surface area contributed by atoms with Gasteiger partial charge in [-0.2, -0.15) is 0 Å². The normalized spacial score (nSPS) is 11.7. The quantitative estimate of drug-likeness (QED) is 0.416. The summed E-state index contributed by atoms with van der Waals surface area (Å²) in [7, 11) is 1.58. The van der Waals surface area contributed by atoms with Crippen molar-refractivity contribution in [1.82, 2.24) is 0 Å². The minimum Gasteiger partial charge on any atom is -0.493 e. The smallest absolute Gasteiger partial charge is 0.267 e. The number of hydrogen-bond acceptors (Lipinski definition) is 5. The maximum Gasteiger partial charge on any atom is 0.267 e. The molecular weight excluding hydrogens is 380 g/mol. The van der Waals surface area contributed by atoms with Gasteiger partial charge in [-0.05, 0) is 42.8 Å². The SMILES string of the molecule is COc1cc(/C=N\O[C@@H](C)C(=O)Nc2ccccc2)ccc1OCc1ccccc1. The monoisotopic (exact) mass is 404 g/mol. The molecule has 1 N–H and O–H groups in total. The lowest BCUT2D eigenvalue weighted by atomic mass is 10.2. The molecule has 1 atom stereocenters. The van der Waals surface area contributed by atoms with Gasteiger partial charge < -0.3 is 19.6 Å². The molecule has 0 aromatic heterocycles. The predicted molar refractivity (Wildman–Crippen MR) is 117 cm³/mol. The summed E-state index contributed by atoms with van der Waals surface area (Å²) in [6, 6.07) is 24.5. The first kappa shape index (κ1) is 20.9. The Bertz CT molecular complexity index is 975. The van der Waals surface area contributed by atoms with E-state index >= 15 is 0 Å². The summed E-state index contributed by atoms with van der Waals surface area (Å²) in [6.07, 6.45) is 0.785. The number of ether oxygens (including phenoxy) is 2. The van der Waals surface area contributed by atoms with E-state index in [0.717, 1.165) is 11.1 Å². The number of carbonyl (C=O) groups is 1. The van der Waals surface area contributed by atoms with Crippen LogP contribution in [0.1, 0.15) is 18.1 Å². The van der Waals surface area contributed by atoms with Gasteiger partial charge in [0.2, 0.25) is 6.10 Å². The zero-order valence-corrected chi connectivity index (χ0v) is 16.9. The lowest BCUT2D eigenvalue weighted by Crippen LogP contribution is -2.26. The summed E-state index contributed by atoms with van der Waals surface area (Å²) in [5, 5.41) is 6.69. The lowest BCUT2D eigenvalue weighted by Gasteiger charge is -2.12. The number of anilines is 1. The zero-order chi connectivity index (χ0) is 21.2. The largest absolute Gasteiger partial charge is 0.493 e. The standard InChI is InChI=1S/C24H24N2O4/c1-18(24(27)26-21-11-7-4-8-12-21)30-25-16-20-13-14-22(23(15-20)28-2)29-17-19-9-5-3-6-10-19/h3-16,18H,17H2,1-2H3,(H,26,27)/b25-16-/t18-/m0/s1. The van der Waals surface area contributed by atoms with E-state index in [-0.39, 0.29) is 5.91 Å². The Morgan fingerprint density at radius 2 is 1.70 bits per heavy atom. The van der Waals surface area contributed by atoms with Gasteiger partial charge in [0.15, 0.2) is 11.5 Å². The van der Waals surface area contributed by atoms with Crippen LogP contribution in [0.15, 0.2) is 84.0 Å². The molecule has 0 spiro atoms. The molecule has 0 aliphatic rings. The maximum absolute atomic E-state index is 12.1. The molecule has 3 rings (SSSR count). The van der Waals surface area contributed by atoms with E-state index in [0.29, 0.717) is 23.8 Å². The molecule has 0 aliphatic heterocycles. The fraction of sp³-hybridized carbons (Fsp3) is 0.167. The fourth-order valence-electron chi connectivity index (χ4n) is 2.61. The van der Waals surface area contributed by atoms with E-state index in [2.05, 4.69) is 10.5 Å². The molecule has 6 heteroatoms. The van der Waals surface area contributed by atoms with Gasteiger partial charge in [0.25, 0.3) is 5.91 Å². The van der Waals surface area contributed by atoms with Crippen molar-refractivity contribution in [1.29, 1.82) is 0 Å². The summed E-state index contributed by atoms with van der Waals surface area (Å²) in [4.78, 5) is 17.4. The summed E-state index contributed by atoms with van der Waals surface area (Å²) >= 11 is 0. The Labute approximate surface area is 176 Å². The van der Waals surface area contributed by atoms with Gasteiger partial charge in [-0.3, -0.25) is 4.79 Å². The van der Waals surface area contributed by atoms with Crippen LogP contribution in [0.25, 0.3) is 0 Å². The molecule has 0 radical (unpaired) electrons. The van der Waals surface area contributed by atoms with Gasteiger partial charge in [-0.15, -0.1) is 0 Å². The number of methoxy groups -OCH3 is 1. The minimum atomic E-state index is -0.739. The van der Waals surface area contributed by atoms with Crippen LogP contribution in [-0.4, -0.2) is 25.3 Å². The summed E-state index contributed by atoms with van der Waals surface area (Å²) in [5.41, 5.74) is 2.54. The number of rotatable bonds is 9. The number of hydrogen-bond donors (Lipinski definition) is 1. The number of para-hydroxylation sites is 1. The number of nitrogens with one attached hydrogen (secondary N) is 1. The van der Waals surface area contributed by atoms with Crippen molar-refractivity contribution in [2.45, 2.75) is 19.6 Å². The van der Waals surface area contributed by atoms with Crippen molar-refractivity contribution < 1.29 is 19.1 Å². The van der Waals surface area contributed by atoms with E-state index in [4.69, 9.17) is 14.3 Å². The summed E-state index contributed by atoms with van der Waals surface area (Å²) < 4.78 is 11.3. The maximum atomic E-state index is 12.1. The Morgan fingerprint density at radius 1 is 1.00 bits per heavy atom. The number of carbonyl (C=O) groups excluding carboxylic acids is 1. The first-order chi connectivity index (χ1) is 14.7. The number of oxime groups is 1. The molecule has 0 fully saturated rings. The van der Waals surface area contributed by atoms with Crippen LogP contribution in [0.3, 0.4) is 0 Å². The van der Waals surface area contributed by atoms with E-state index < -0.39 is 6.10 Å². The molecule has 0 saturated carbocycles. The van der Waals surface area contributed by atoms with Gasteiger partial charge >= 0.3 is 0 Å². The molecule has 0 saturated heterocycles. The first-order valence-electron chi connectivity index (χ1n) is 9.55. The predicted octanol–water partition coefficient (Wildman–Crippen LogP) is 4.65. The van der Waals surface area contributed by atoms with Crippen LogP contribution >= 0.6 is 0 Å². The van der Waals surface area contributed by atoms with Gasteiger partial charge in [0, 0.05) is 11.3 Å². The van der Waals surface area contributed by atoms with E-state index in [1.807, 2.05) is 72.8 Å². The molecule has 0 aliphatic carbocycles. The molecule has 0 unspecified atom stereocenters. The van der Waals surface area contributed by atoms with Crippen LogP contribution in [0.5, 0.6) is 11.5 Å². The van der Waals surface area contributed by atoms with Gasteiger partial charge in [-0.25, -0.2) is 0 Å². The molecule has 0 heterocycles. The highest BCUT2D eigenvalue weighted by atomic mass is 16.6. The molecule has 3 aromatic rings. The molecule has 6 nitrogen and oxygen atoms in total. The molecule has 154 valence electrons.